The van der Waals surface area contributed by atoms with E-state index in [1.807, 2.05) is 0 Å². The Hall–Kier alpha value is -1.45. The highest BCUT2D eigenvalue weighted by molar-refractivity contribution is 7.19. The van der Waals surface area contributed by atoms with Crippen LogP contribution in [0, 0.1) is 13.8 Å². The van der Waals surface area contributed by atoms with E-state index in [-0.39, 0.29) is 0 Å². The van der Waals surface area contributed by atoms with E-state index in [4.69, 9.17) is 11.6 Å². The van der Waals surface area contributed by atoms with E-state index in [1.165, 1.54) is 33.5 Å². The molecule has 0 aliphatic carbocycles. The van der Waals surface area contributed by atoms with Crippen molar-refractivity contribution >= 4 is 33.2 Å². The first-order valence-electron chi connectivity index (χ1n) is 6.61. The molecule has 4 heteroatoms. The van der Waals surface area contributed by atoms with Gasteiger partial charge in [-0.25, -0.2) is 9.97 Å². The molecule has 20 heavy (non-hydrogen) atoms. The van der Waals surface area contributed by atoms with Gasteiger partial charge in [0.05, 0.1) is 5.39 Å². The molecule has 0 unspecified atom stereocenters. The van der Waals surface area contributed by atoms with Crippen molar-refractivity contribution in [1.29, 1.82) is 0 Å². The van der Waals surface area contributed by atoms with Crippen LogP contribution in [-0.4, -0.2) is 9.97 Å². The molecule has 3 rings (SSSR count). The van der Waals surface area contributed by atoms with Crippen molar-refractivity contribution in [3.05, 3.63) is 45.7 Å². The molecule has 0 aliphatic rings. The predicted molar refractivity (Wildman–Crippen MR) is 86.7 cm³/mol. The highest BCUT2D eigenvalue weighted by atomic mass is 35.5. The Morgan fingerprint density at radius 3 is 2.65 bits per heavy atom. The molecule has 0 aliphatic heterocycles. The first-order valence-corrected chi connectivity index (χ1v) is 7.80. The molecule has 3 aromatic rings. The largest absolute Gasteiger partial charge is 0.225 e. The summed E-state index contributed by atoms with van der Waals surface area (Å²) < 4.78 is 0. The molecular formula is C16H15ClN2S. The molecule has 0 amide bonds. The average Bonchev–Trinajstić information content (AvgIpc) is 2.82. The summed E-state index contributed by atoms with van der Waals surface area (Å²) in [4.78, 5) is 10.8. The van der Waals surface area contributed by atoms with Gasteiger partial charge in [0.2, 0.25) is 0 Å². The Morgan fingerprint density at radius 2 is 1.95 bits per heavy atom. The number of aryl methyl sites for hydroxylation is 3. The lowest BCUT2D eigenvalue weighted by Gasteiger charge is -2.07. The summed E-state index contributed by atoms with van der Waals surface area (Å²) in [5.41, 5.74) is 4.99. The minimum Gasteiger partial charge on any atom is -0.225 e. The highest BCUT2D eigenvalue weighted by Crippen LogP contribution is 2.41. The molecule has 2 aromatic heterocycles. The minimum absolute atomic E-state index is 0.541. The Morgan fingerprint density at radius 1 is 1.15 bits per heavy atom. The third kappa shape index (κ3) is 2.11. The van der Waals surface area contributed by atoms with E-state index < -0.39 is 0 Å². The molecule has 0 radical (unpaired) electrons. The van der Waals surface area contributed by atoms with Gasteiger partial charge in [-0.3, -0.25) is 0 Å². The average molecular weight is 303 g/mol. The fourth-order valence-electron chi connectivity index (χ4n) is 2.40. The maximum Gasteiger partial charge on any atom is 0.141 e. The highest BCUT2D eigenvalue weighted by Gasteiger charge is 2.17. The van der Waals surface area contributed by atoms with Crippen molar-refractivity contribution < 1.29 is 0 Å². The Balaban J connectivity index is 2.36. The Bertz CT molecular complexity index is 793. The number of rotatable bonds is 2. The van der Waals surface area contributed by atoms with Crippen LogP contribution < -0.4 is 0 Å². The van der Waals surface area contributed by atoms with Crippen LogP contribution in [0.5, 0.6) is 0 Å². The molecular weight excluding hydrogens is 288 g/mol. The van der Waals surface area contributed by atoms with E-state index in [2.05, 4.69) is 48.9 Å². The fraction of sp³-hybridized carbons (Fsp3) is 0.250. The molecule has 0 fully saturated rings. The van der Waals surface area contributed by atoms with Crippen LogP contribution in [-0.2, 0) is 6.42 Å². The topological polar surface area (TPSA) is 25.8 Å². The zero-order valence-electron chi connectivity index (χ0n) is 11.7. The summed E-state index contributed by atoms with van der Waals surface area (Å²) >= 11 is 8.02. The number of hydrogen-bond donors (Lipinski definition) is 0. The number of hydrogen-bond acceptors (Lipinski definition) is 3. The van der Waals surface area contributed by atoms with Gasteiger partial charge < -0.3 is 0 Å². The SMILES string of the molecule is CCc1sc2ncnc(Cl)c2c1-c1ccc(C)c(C)c1. The van der Waals surface area contributed by atoms with E-state index in [9.17, 15) is 0 Å². The predicted octanol–water partition coefficient (Wildman–Crippen LogP) is 5.19. The van der Waals surface area contributed by atoms with Crippen LogP contribution in [0.15, 0.2) is 24.5 Å². The maximum atomic E-state index is 6.31. The number of benzene rings is 1. The van der Waals surface area contributed by atoms with E-state index in [1.54, 1.807) is 11.3 Å². The molecule has 0 bridgehead atoms. The monoisotopic (exact) mass is 302 g/mol. The first-order chi connectivity index (χ1) is 9.61. The smallest absolute Gasteiger partial charge is 0.141 e. The molecule has 102 valence electrons. The third-order valence-electron chi connectivity index (χ3n) is 3.63. The van der Waals surface area contributed by atoms with Gasteiger partial charge in [0.1, 0.15) is 16.3 Å². The molecule has 0 saturated carbocycles. The molecule has 0 saturated heterocycles. The maximum absolute atomic E-state index is 6.31. The summed E-state index contributed by atoms with van der Waals surface area (Å²) in [6.07, 6.45) is 2.50. The standard InChI is InChI=1S/C16H15ClN2S/c1-4-12-13(11-6-5-9(2)10(3)7-11)14-15(17)18-8-19-16(14)20-12/h5-8H,4H2,1-3H3. The van der Waals surface area contributed by atoms with E-state index in [0.717, 1.165) is 16.6 Å². The van der Waals surface area contributed by atoms with Crippen LogP contribution >= 0.6 is 22.9 Å². The lowest BCUT2D eigenvalue weighted by atomic mass is 9.98. The van der Waals surface area contributed by atoms with E-state index in [0.29, 0.717) is 5.15 Å². The van der Waals surface area contributed by atoms with Crippen LogP contribution in [0.3, 0.4) is 0 Å². The first kappa shape index (κ1) is 13.5. The summed E-state index contributed by atoms with van der Waals surface area (Å²) in [7, 11) is 0. The van der Waals surface area contributed by atoms with Crippen molar-refractivity contribution in [1.82, 2.24) is 9.97 Å². The third-order valence-corrected chi connectivity index (χ3v) is 5.16. The van der Waals surface area contributed by atoms with Crippen molar-refractivity contribution in [3.8, 4) is 11.1 Å². The van der Waals surface area contributed by atoms with Crippen molar-refractivity contribution in [3.63, 3.8) is 0 Å². The van der Waals surface area contributed by atoms with Gasteiger partial charge in [0.25, 0.3) is 0 Å². The number of aromatic nitrogens is 2. The van der Waals surface area contributed by atoms with Crippen molar-refractivity contribution in [2.75, 3.05) is 0 Å². The van der Waals surface area contributed by atoms with Gasteiger partial charge >= 0.3 is 0 Å². The number of nitrogens with zero attached hydrogens (tertiary/aromatic N) is 2. The van der Waals surface area contributed by atoms with Gasteiger partial charge in [-0.1, -0.05) is 36.7 Å². The molecule has 2 heterocycles. The van der Waals surface area contributed by atoms with Gasteiger partial charge in [-0.15, -0.1) is 11.3 Å². The van der Waals surface area contributed by atoms with Gasteiger partial charge in [-0.05, 0) is 37.0 Å². The molecule has 2 nitrogen and oxygen atoms in total. The summed E-state index contributed by atoms with van der Waals surface area (Å²) in [6.45, 7) is 6.43. The summed E-state index contributed by atoms with van der Waals surface area (Å²) in [5.74, 6) is 0. The normalized spacial score (nSPS) is 11.2. The zero-order chi connectivity index (χ0) is 14.3. The Labute approximate surface area is 127 Å². The minimum atomic E-state index is 0.541. The van der Waals surface area contributed by atoms with Crippen molar-refractivity contribution in [2.24, 2.45) is 0 Å². The lowest BCUT2D eigenvalue weighted by molar-refractivity contribution is 1.19. The second kappa shape index (κ2) is 5.15. The second-order valence-electron chi connectivity index (χ2n) is 4.90. The number of thiophene rings is 1. The van der Waals surface area contributed by atoms with Crippen LogP contribution in [0.1, 0.15) is 22.9 Å². The number of fused-ring (bicyclic) bond motifs is 1. The molecule has 0 N–H and O–H groups in total. The fourth-order valence-corrected chi connectivity index (χ4v) is 3.78. The molecule has 0 atom stereocenters. The van der Waals surface area contributed by atoms with E-state index >= 15 is 0 Å². The van der Waals surface area contributed by atoms with Crippen LogP contribution in [0.25, 0.3) is 21.3 Å². The zero-order valence-corrected chi connectivity index (χ0v) is 13.3. The van der Waals surface area contributed by atoms with Crippen molar-refractivity contribution in [2.45, 2.75) is 27.2 Å². The quantitative estimate of drug-likeness (QED) is 0.609. The summed E-state index contributed by atoms with van der Waals surface area (Å²) in [6, 6.07) is 6.54. The van der Waals surface area contributed by atoms with Crippen LogP contribution in [0.2, 0.25) is 5.15 Å². The number of halogens is 1. The van der Waals surface area contributed by atoms with Gasteiger partial charge in [-0.2, -0.15) is 0 Å². The van der Waals surface area contributed by atoms with Gasteiger partial charge in [0, 0.05) is 10.4 Å². The van der Waals surface area contributed by atoms with Gasteiger partial charge in [0.15, 0.2) is 0 Å². The second-order valence-corrected chi connectivity index (χ2v) is 6.34. The van der Waals surface area contributed by atoms with Crippen LogP contribution in [0.4, 0.5) is 0 Å². The summed E-state index contributed by atoms with van der Waals surface area (Å²) in [5, 5.41) is 1.53. The lowest BCUT2D eigenvalue weighted by Crippen LogP contribution is -1.87. The molecule has 0 spiro atoms. The Kier molecular flexibility index (Phi) is 3.48. The molecule has 1 aromatic carbocycles.